The highest BCUT2D eigenvalue weighted by Crippen LogP contribution is 2.32. The van der Waals surface area contributed by atoms with Gasteiger partial charge >= 0.3 is 5.97 Å². The Morgan fingerprint density at radius 1 is 1.12 bits per heavy atom. The van der Waals surface area contributed by atoms with E-state index in [1.807, 2.05) is 6.92 Å². The number of hydrogen-bond acceptors (Lipinski definition) is 4. The van der Waals surface area contributed by atoms with Crippen molar-refractivity contribution in [2.75, 3.05) is 7.11 Å². The number of carbonyl (C=O) groups is 2. The van der Waals surface area contributed by atoms with E-state index in [9.17, 15) is 9.59 Å². The minimum atomic E-state index is -0.482. The molecule has 0 saturated carbocycles. The van der Waals surface area contributed by atoms with Crippen molar-refractivity contribution in [2.24, 2.45) is 0 Å². The van der Waals surface area contributed by atoms with Gasteiger partial charge < -0.3 is 9.15 Å². The van der Waals surface area contributed by atoms with Crippen LogP contribution in [0.1, 0.15) is 39.0 Å². The summed E-state index contributed by atoms with van der Waals surface area (Å²) in [6, 6.07) is 9.55. The Hall–Kier alpha value is -2.30. The molecule has 0 aliphatic rings. The van der Waals surface area contributed by atoms with Crippen molar-refractivity contribution in [1.82, 2.24) is 0 Å². The van der Waals surface area contributed by atoms with Gasteiger partial charge in [-0.3, -0.25) is 4.79 Å². The van der Waals surface area contributed by atoms with Crippen LogP contribution < -0.4 is 0 Å². The van der Waals surface area contributed by atoms with E-state index in [2.05, 4.69) is 0 Å². The molecule has 25 heavy (non-hydrogen) atoms. The first kappa shape index (κ1) is 17.5. The summed E-state index contributed by atoms with van der Waals surface area (Å²) in [6.07, 6.45) is 0.522. The van der Waals surface area contributed by atoms with Crippen LogP contribution in [0.25, 0.3) is 11.0 Å². The number of halogens is 2. The maximum Gasteiger partial charge on any atom is 0.337 e. The lowest BCUT2D eigenvalue weighted by Crippen LogP contribution is -2.05. The fourth-order valence-electron chi connectivity index (χ4n) is 2.70. The largest absolute Gasteiger partial charge is 0.465 e. The first-order valence-corrected chi connectivity index (χ1v) is 8.35. The molecule has 0 unspecified atom stereocenters. The first-order chi connectivity index (χ1) is 12.0. The molecule has 0 radical (unpaired) electrons. The average Bonchev–Trinajstić information content (AvgIpc) is 2.98. The number of aryl methyl sites for hydroxylation is 1. The van der Waals surface area contributed by atoms with Crippen molar-refractivity contribution >= 4 is 45.9 Å². The zero-order valence-corrected chi connectivity index (χ0v) is 15.1. The molecule has 0 N–H and O–H groups in total. The SMILES string of the molecule is CCc1oc2ccc(C(=O)OC)cc2c1C(=O)c1ccc(Cl)cc1Cl. The third-order valence-electron chi connectivity index (χ3n) is 3.91. The summed E-state index contributed by atoms with van der Waals surface area (Å²) in [5.74, 6) is -0.226. The summed E-state index contributed by atoms with van der Waals surface area (Å²) in [7, 11) is 1.30. The van der Waals surface area contributed by atoms with Gasteiger partial charge in [0.05, 0.1) is 23.3 Å². The fourth-order valence-corrected chi connectivity index (χ4v) is 3.19. The molecule has 0 amide bonds. The average molecular weight is 377 g/mol. The topological polar surface area (TPSA) is 56.5 Å². The number of carbonyl (C=O) groups excluding carboxylic acids is 2. The molecule has 0 fully saturated rings. The lowest BCUT2D eigenvalue weighted by atomic mass is 9.98. The van der Waals surface area contributed by atoms with Crippen LogP contribution in [0.2, 0.25) is 10.0 Å². The third kappa shape index (κ3) is 3.15. The zero-order chi connectivity index (χ0) is 18.1. The van der Waals surface area contributed by atoms with E-state index in [0.717, 1.165) is 0 Å². The predicted molar refractivity (Wildman–Crippen MR) is 96.8 cm³/mol. The summed E-state index contributed by atoms with van der Waals surface area (Å²) in [6.45, 7) is 1.89. The molecule has 0 aliphatic heterocycles. The molecule has 4 nitrogen and oxygen atoms in total. The van der Waals surface area contributed by atoms with Crippen LogP contribution >= 0.6 is 23.2 Å². The highest BCUT2D eigenvalue weighted by atomic mass is 35.5. The van der Waals surface area contributed by atoms with Gasteiger partial charge in [0.25, 0.3) is 0 Å². The Labute approximate surface area is 154 Å². The van der Waals surface area contributed by atoms with E-state index in [0.29, 0.717) is 44.9 Å². The van der Waals surface area contributed by atoms with E-state index in [1.165, 1.54) is 13.2 Å². The number of rotatable bonds is 4. The predicted octanol–water partition coefficient (Wildman–Crippen LogP) is 5.32. The van der Waals surface area contributed by atoms with Crippen molar-refractivity contribution in [2.45, 2.75) is 13.3 Å². The molecule has 3 aromatic rings. The highest BCUT2D eigenvalue weighted by Gasteiger charge is 2.24. The third-order valence-corrected chi connectivity index (χ3v) is 4.45. The number of ketones is 1. The van der Waals surface area contributed by atoms with Crippen molar-refractivity contribution in [3.63, 3.8) is 0 Å². The summed E-state index contributed by atoms with van der Waals surface area (Å²) < 4.78 is 10.5. The van der Waals surface area contributed by atoms with Gasteiger partial charge in [0, 0.05) is 22.4 Å². The number of ether oxygens (including phenoxy) is 1. The van der Waals surface area contributed by atoms with Gasteiger partial charge in [-0.05, 0) is 36.4 Å². The van der Waals surface area contributed by atoms with Gasteiger partial charge in [-0.2, -0.15) is 0 Å². The van der Waals surface area contributed by atoms with E-state index >= 15 is 0 Å². The summed E-state index contributed by atoms with van der Waals surface area (Å²) >= 11 is 12.1. The van der Waals surface area contributed by atoms with E-state index < -0.39 is 5.97 Å². The monoisotopic (exact) mass is 376 g/mol. The Morgan fingerprint density at radius 3 is 2.52 bits per heavy atom. The van der Waals surface area contributed by atoms with Crippen molar-refractivity contribution in [3.8, 4) is 0 Å². The Kier molecular flexibility index (Phi) is 4.84. The van der Waals surface area contributed by atoms with Crippen molar-refractivity contribution in [3.05, 3.63) is 68.9 Å². The van der Waals surface area contributed by atoms with Crippen LogP contribution in [0.5, 0.6) is 0 Å². The molecule has 0 spiro atoms. The lowest BCUT2D eigenvalue weighted by Gasteiger charge is -2.05. The maximum absolute atomic E-state index is 13.1. The Bertz CT molecular complexity index is 988. The molecule has 0 saturated heterocycles. The van der Waals surface area contributed by atoms with Crippen molar-refractivity contribution in [1.29, 1.82) is 0 Å². The maximum atomic E-state index is 13.1. The summed E-state index contributed by atoms with van der Waals surface area (Å²) in [5.41, 5.74) is 1.59. The summed E-state index contributed by atoms with van der Waals surface area (Å²) in [4.78, 5) is 24.9. The number of benzene rings is 2. The Morgan fingerprint density at radius 2 is 1.88 bits per heavy atom. The van der Waals surface area contributed by atoms with Crippen LogP contribution in [0.4, 0.5) is 0 Å². The van der Waals surface area contributed by atoms with Crippen molar-refractivity contribution < 1.29 is 18.7 Å². The van der Waals surface area contributed by atoms with E-state index in [1.54, 1.807) is 30.3 Å². The van der Waals surface area contributed by atoms with Crippen LogP contribution in [0.3, 0.4) is 0 Å². The number of fused-ring (bicyclic) bond motifs is 1. The molecule has 0 aliphatic carbocycles. The Balaban J connectivity index is 2.22. The van der Waals surface area contributed by atoms with E-state index in [4.69, 9.17) is 32.4 Å². The second-order valence-corrected chi connectivity index (χ2v) is 6.25. The molecule has 3 rings (SSSR count). The minimum absolute atomic E-state index is 0.262. The van der Waals surface area contributed by atoms with Gasteiger partial charge in [-0.15, -0.1) is 0 Å². The standard InChI is InChI=1S/C19H14Cl2O4/c1-3-15-17(18(22)12-6-5-11(20)9-14(12)21)13-8-10(19(23)24-2)4-7-16(13)25-15/h4-9H,3H2,1-2H3. The second kappa shape index (κ2) is 6.90. The van der Waals surface area contributed by atoms with Gasteiger partial charge in [-0.1, -0.05) is 30.1 Å². The molecule has 1 aromatic heterocycles. The zero-order valence-electron chi connectivity index (χ0n) is 13.6. The van der Waals surface area contributed by atoms with Crippen LogP contribution in [-0.2, 0) is 11.2 Å². The van der Waals surface area contributed by atoms with Crippen LogP contribution in [0.15, 0.2) is 40.8 Å². The number of furan rings is 1. The fraction of sp³-hybridized carbons (Fsp3) is 0.158. The number of hydrogen-bond donors (Lipinski definition) is 0. The smallest absolute Gasteiger partial charge is 0.337 e. The molecular weight excluding hydrogens is 363 g/mol. The second-order valence-electron chi connectivity index (χ2n) is 5.41. The molecule has 0 atom stereocenters. The van der Waals surface area contributed by atoms with Gasteiger partial charge in [0.15, 0.2) is 5.78 Å². The number of methoxy groups -OCH3 is 1. The molecule has 1 heterocycles. The van der Waals surface area contributed by atoms with Gasteiger partial charge in [-0.25, -0.2) is 4.79 Å². The molecule has 2 aromatic carbocycles. The van der Waals surface area contributed by atoms with E-state index in [-0.39, 0.29) is 10.8 Å². The molecule has 6 heteroatoms. The number of esters is 1. The molecule has 128 valence electrons. The highest BCUT2D eigenvalue weighted by molar-refractivity contribution is 6.38. The van der Waals surface area contributed by atoms with Gasteiger partial charge in [0.2, 0.25) is 0 Å². The summed E-state index contributed by atoms with van der Waals surface area (Å²) in [5, 5.41) is 1.26. The molecule has 0 bridgehead atoms. The molecular formula is C19H14Cl2O4. The normalized spacial score (nSPS) is 10.9. The van der Waals surface area contributed by atoms with Gasteiger partial charge in [0.1, 0.15) is 11.3 Å². The quantitative estimate of drug-likeness (QED) is 0.456. The lowest BCUT2D eigenvalue weighted by molar-refractivity contribution is 0.0600. The minimum Gasteiger partial charge on any atom is -0.465 e. The van der Waals surface area contributed by atoms with Crippen LogP contribution in [-0.4, -0.2) is 18.9 Å². The first-order valence-electron chi connectivity index (χ1n) is 7.59. The van der Waals surface area contributed by atoms with Crippen LogP contribution in [0, 0.1) is 0 Å².